The normalized spacial score (nSPS) is 28.6. The molecule has 0 radical (unpaired) electrons. The predicted octanol–water partition coefficient (Wildman–Crippen LogP) is 1.50. The molecule has 1 amide bonds. The third kappa shape index (κ3) is 5.35. The lowest BCUT2D eigenvalue weighted by atomic mass is 9.49. The van der Waals surface area contributed by atoms with Gasteiger partial charge in [-0.1, -0.05) is 19.9 Å². The molecule has 0 aromatic heterocycles. The monoisotopic (exact) mass is 393 g/mol. The number of amides is 1. The highest BCUT2D eigenvalue weighted by molar-refractivity contribution is 5.78. The molecule has 2 N–H and O–H groups in total. The summed E-state index contributed by atoms with van der Waals surface area (Å²) in [6.45, 7) is 14.4. The number of allylic oxidation sites excluding steroid dienone is 1. The third-order valence-corrected chi connectivity index (χ3v) is 6.91. The minimum Gasteiger partial charge on any atom is -0.389 e. The fourth-order valence-electron chi connectivity index (χ4n) is 5.00. The van der Waals surface area contributed by atoms with Crippen LogP contribution in [0.5, 0.6) is 0 Å². The summed E-state index contributed by atoms with van der Waals surface area (Å²) in [5.74, 6) is 1.61. The molecule has 160 valence electrons. The number of fused-ring (bicyclic) bond motifs is 1. The van der Waals surface area contributed by atoms with Crippen molar-refractivity contribution in [1.29, 1.82) is 0 Å². The van der Waals surface area contributed by atoms with E-state index < -0.39 is 6.10 Å². The van der Waals surface area contributed by atoms with Crippen LogP contribution in [-0.4, -0.2) is 85.4 Å². The van der Waals surface area contributed by atoms with Crippen LogP contribution in [-0.2, 0) is 9.53 Å². The van der Waals surface area contributed by atoms with Crippen LogP contribution in [0.4, 0.5) is 0 Å². The van der Waals surface area contributed by atoms with Crippen molar-refractivity contribution in [2.75, 3.05) is 52.5 Å². The Kier molecular flexibility index (Phi) is 7.18. The molecule has 1 saturated carbocycles. The van der Waals surface area contributed by atoms with Gasteiger partial charge in [-0.25, -0.2) is 0 Å². The highest BCUT2D eigenvalue weighted by Crippen LogP contribution is 2.59. The van der Waals surface area contributed by atoms with Crippen LogP contribution in [0.25, 0.3) is 0 Å². The van der Waals surface area contributed by atoms with Gasteiger partial charge >= 0.3 is 0 Å². The molecule has 6 nitrogen and oxygen atoms in total. The van der Waals surface area contributed by atoms with Gasteiger partial charge in [0.2, 0.25) is 5.91 Å². The third-order valence-electron chi connectivity index (χ3n) is 6.91. The van der Waals surface area contributed by atoms with Gasteiger partial charge in [0.25, 0.3) is 0 Å². The van der Waals surface area contributed by atoms with Gasteiger partial charge in [-0.15, -0.1) is 0 Å². The van der Waals surface area contributed by atoms with Crippen LogP contribution in [0.3, 0.4) is 0 Å². The molecule has 0 aromatic rings. The zero-order valence-electron chi connectivity index (χ0n) is 18.1. The summed E-state index contributed by atoms with van der Waals surface area (Å²) in [4.78, 5) is 16.3. The number of carbonyl (C=O) groups is 1. The Bertz CT molecular complexity index is 567. The molecule has 3 aliphatic carbocycles. The first-order valence-corrected chi connectivity index (χ1v) is 10.9. The Balaban J connectivity index is 1.29. The molecule has 2 bridgehead atoms. The number of aliphatic hydroxyl groups excluding tert-OH is 1. The highest BCUT2D eigenvalue weighted by atomic mass is 16.5. The van der Waals surface area contributed by atoms with Crippen LogP contribution in [0.15, 0.2) is 11.6 Å². The topological polar surface area (TPSA) is 65.0 Å². The zero-order valence-corrected chi connectivity index (χ0v) is 18.1. The molecule has 2 fully saturated rings. The van der Waals surface area contributed by atoms with Gasteiger partial charge in [0.15, 0.2) is 0 Å². The summed E-state index contributed by atoms with van der Waals surface area (Å²) in [6.07, 6.45) is 4.40. The van der Waals surface area contributed by atoms with E-state index in [9.17, 15) is 9.90 Å². The summed E-state index contributed by atoms with van der Waals surface area (Å²) in [6, 6.07) is 0.185. The van der Waals surface area contributed by atoms with Gasteiger partial charge in [0, 0.05) is 38.8 Å². The smallest absolute Gasteiger partial charge is 0.234 e. The molecule has 4 rings (SSSR count). The van der Waals surface area contributed by atoms with E-state index in [-0.39, 0.29) is 11.9 Å². The Labute approximate surface area is 170 Å². The molecule has 6 heteroatoms. The number of rotatable bonds is 9. The first kappa shape index (κ1) is 21.8. The number of piperazine rings is 1. The molecule has 3 atom stereocenters. The van der Waals surface area contributed by atoms with Gasteiger partial charge in [-0.3, -0.25) is 14.6 Å². The van der Waals surface area contributed by atoms with Crippen molar-refractivity contribution in [2.45, 2.75) is 52.7 Å². The van der Waals surface area contributed by atoms with Crippen molar-refractivity contribution in [3.05, 3.63) is 11.6 Å². The highest BCUT2D eigenvalue weighted by Gasteiger charge is 2.50. The number of hydrogen-bond acceptors (Lipinski definition) is 5. The molecule has 0 aromatic carbocycles. The average Bonchev–Trinajstić information content (AvgIpc) is 2.62. The summed E-state index contributed by atoms with van der Waals surface area (Å²) < 4.78 is 5.87. The molecular weight excluding hydrogens is 354 g/mol. The zero-order chi connectivity index (χ0) is 20.3. The number of ether oxygens (including phenoxy) is 1. The van der Waals surface area contributed by atoms with Crippen LogP contribution >= 0.6 is 0 Å². The van der Waals surface area contributed by atoms with Crippen molar-refractivity contribution in [3.8, 4) is 0 Å². The van der Waals surface area contributed by atoms with Crippen molar-refractivity contribution >= 4 is 5.91 Å². The van der Waals surface area contributed by atoms with Gasteiger partial charge in [0.05, 0.1) is 25.9 Å². The second-order valence-corrected chi connectivity index (χ2v) is 9.79. The van der Waals surface area contributed by atoms with E-state index in [0.29, 0.717) is 37.6 Å². The van der Waals surface area contributed by atoms with Crippen molar-refractivity contribution in [3.63, 3.8) is 0 Å². The largest absolute Gasteiger partial charge is 0.389 e. The molecule has 1 heterocycles. The molecule has 1 saturated heterocycles. The first-order valence-electron chi connectivity index (χ1n) is 10.9. The lowest BCUT2D eigenvalue weighted by molar-refractivity contribution is -0.123. The van der Waals surface area contributed by atoms with Crippen molar-refractivity contribution < 1.29 is 14.6 Å². The number of nitrogens with one attached hydrogen (secondary N) is 1. The average molecular weight is 394 g/mol. The van der Waals surface area contributed by atoms with Crippen molar-refractivity contribution in [1.82, 2.24) is 15.1 Å². The van der Waals surface area contributed by atoms with E-state index in [4.69, 9.17) is 4.74 Å². The molecule has 0 spiro atoms. The first-order chi connectivity index (χ1) is 13.3. The van der Waals surface area contributed by atoms with Gasteiger partial charge < -0.3 is 15.2 Å². The number of hydrogen-bond donors (Lipinski definition) is 2. The van der Waals surface area contributed by atoms with Gasteiger partial charge in [-0.2, -0.15) is 0 Å². The maximum absolute atomic E-state index is 11.9. The quantitative estimate of drug-likeness (QED) is 0.581. The summed E-state index contributed by atoms with van der Waals surface area (Å²) >= 11 is 0. The minimum atomic E-state index is -0.456. The fourth-order valence-corrected chi connectivity index (χ4v) is 5.00. The Hall–Kier alpha value is -0.950. The lowest BCUT2D eigenvalue weighted by Crippen LogP contribution is -2.51. The number of aliphatic hydroxyl groups is 1. The van der Waals surface area contributed by atoms with E-state index in [1.54, 1.807) is 0 Å². The van der Waals surface area contributed by atoms with Crippen molar-refractivity contribution in [2.24, 2.45) is 17.3 Å². The fraction of sp³-hybridized carbons (Fsp3) is 0.864. The van der Waals surface area contributed by atoms with Gasteiger partial charge in [-0.05, 0) is 49.5 Å². The van der Waals surface area contributed by atoms with Crippen LogP contribution in [0.1, 0.15) is 40.5 Å². The lowest BCUT2D eigenvalue weighted by Gasteiger charge is -2.56. The van der Waals surface area contributed by atoms with Crippen LogP contribution in [0, 0.1) is 17.3 Å². The maximum Gasteiger partial charge on any atom is 0.234 e. The molecular formula is C22H39N3O3. The van der Waals surface area contributed by atoms with Crippen LogP contribution < -0.4 is 5.32 Å². The standard InChI is InChI=1S/C22H39N3O3/c1-16(2)23-21(27)13-25-9-7-24(8-10-25)12-19(26)15-28-14-17-5-6-18-11-20(17)22(18,3)4/h5,16,18-20,26H,6-15H2,1-4H3,(H,23,27). The predicted molar refractivity (Wildman–Crippen MR) is 111 cm³/mol. The summed E-state index contributed by atoms with van der Waals surface area (Å²) in [5.41, 5.74) is 1.87. The molecule has 28 heavy (non-hydrogen) atoms. The van der Waals surface area contributed by atoms with Crippen LogP contribution in [0.2, 0.25) is 0 Å². The minimum absolute atomic E-state index is 0.0925. The number of carbonyl (C=O) groups excluding carboxylic acids is 1. The Morgan fingerprint density at radius 1 is 1.29 bits per heavy atom. The molecule has 1 aliphatic heterocycles. The Morgan fingerprint density at radius 3 is 2.57 bits per heavy atom. The molecule has 3 unspecified atom stereocenters. The summed E-state index contributed by atoms with van der Waals surface area (Å²) in [5, 5.41) is 13.3. The number of β-amino-alcohol motifs (C(OH)–C–C–N with tert-alkyl or cyclic N) is 1. The second kappa shape index (κ2) is 9.24. The second-order valence-electron chi connectivity index (χ2n) is 9.79. The van der Waals surface area contributed by atoms with E-state index in [1.165, 1.54) is 18.4 Å². The SMILES string of the molecule is CC(C)NC(=O)CN1CCN(CC(O)COCC2=CCC3CC2C3(C)C)CC1. The van der Waals surface area contributed by atoms with E-state index in [1.807, 2.05) is 13.8 Å². The van der Waals surface area contributed by atoms with E-state index in [2.05, 4.69) is 35.0 Å². The van der Waals surface area contributed by atoms with E-state index in [0.717, 1.165) is 32.1 Å². The van der Waals surface area contributed by atoms with E-state index >= 15 is 0 Å². The van der Waals surface area contributed by atoms with Gasteiger partial charge in [0.1, 0.15) is 0 Å². The number of nitrogens with zero attached hydrogens (tertiary/aromatic N) is 2. The maximum atomic E-state index is 11.9. The molecule has 4 aliphatic rings. The Morgan fingerprint density at radius 2 is 1.96 bits per heavy atom. The summed E-state index contributed by atoms with van der Waals surface area (Å²) in [7, 11) is 0.